The molecule has 0 unspecified atom stereocenters. The van der Waals surface area contributed by atoms with Crippen LogP contribution in [0.3, 0.4) is 0 Å². The summed E-state index contributed by atoms with van der Waals surface area (Å²) < 4.78 is 7.18. The predicted octanol–water partition coefficient (Wildman–Crippen LogP) is 1.98. The Morgan fingerprint density at radius 3 is 2.71 bits per heavy atom. The number of hydrogen-bond donors (Lipinski definition) is 2. The number of benzene rings is 1. The lowest BCUT2D eigenvalue weighted by molar-refractivity contribution is -0.901. The lowest BCUT2D eigenvalue weighted by atomic mass is 10.2. The predicted molar refractivity (Wildman–Crippen MR) is 108 cm³/mol. The molecule has 1 amide bonds. The van der Waals surface area contributed by atoms with Crippen LogP contribution in [0.2, 0.25) is 0 Å². The summed E-state index contributed by atoms with van der Waals surface area (Å²) in [7, 11) is 1.86. The zero-order valence-electron chi connectivity index (χ0n) is 15.9. The van der Waals surface area contributed by atoms with Crippen LogP contribution in [0, 0.1) is 0 Å². The fourth-order valence-corrected chi connectivity index (χ4v) is 4.15. The Morgan fingerprint density at radius 2 is 2.00 bits per heavy atom. The quantitative estimate of drug-likeness (QED) is 0.595. The molecular formula is C20H24N5O2S+. The van der Waals surface area contributed by atoms with Crippen molar-refractivity contribution in [3.05, 3.63) is 48.2 Å². The Hall–Kier alpha value is -2.58. The standard InChI is InChI=1S/C20H23N5O2S/c1-24-19(17-5-4-12-27-17)22-23-20(24)28-14-18(26)21-16-8-6-15(7-9-16)13-25-10-2-3-11-25/h4-9,12H,2-3,10-11,13-14H2,1H3,(H,21,26)/p+1. The van der Waals surface area contributed by atoms with Crippen molar-refractivity contribution in [1.29, 1.82) is 0 Å². The number of amides is 1. The van der Waals surface area contributed by atoms with Crippen LogP contribution in [0.4, 0.5) is 5.69 Å². The van der Waals surface area contributed by atoms with E-state index in [-0.39, 0.29) is 11.7 Å². The summed E-state index contributed by atoms with van der Waals surface area (Å²) in [6.45, 7) is 3.59. The molecule has 1 saturated heterocycles. The van der Waals surface area contributed by atoms with Gasteiger partial charge in [0.1, 0.15) is 6.54 Å². The van der Waals surface area contributed by atoms with Crippen LogP contribution in [0.5, 0.6) is 0 Å². The molecule has 146 valence electrons. The van der Waals surface area contributed by atoms with E-state index in [4.69, 9.17) is 4.42 Å². The summed E-state index contributed by atoms with van der Waals surface area (Å²) in [5.41, 5.74) is 2.13. The van der Waals surface area contributed by atoms with Crippen molar-refractivity contribution in [2.45, 2.75) is 24.5 Å². The third-order valence-electron chi connectivity index (χ3n) is 4.91. The Labute approximate surface area is 168 Å². The molecule has 1 aliphatic rings. The van der Waals surface area contributed by atoms with Gasteiger partial charge in [0.15, 0.2) is 16.7 Å². The molecule has 0 aliphatic carbocycles. The van der Waals surface area contributed by atoms with Gasteiger partial charge < -0.3 is 19.2 Å². The molecule has 0 atom stereocenters. The molecule has 0 saturated carbocycles. The number of quaternary nitrogens is 1. The van der Waals surface area contributed by atoms with E-state index in [1.165, 1.54) is 43.3 Å². The first-order chi connectivity index (χ1) is 13.7. The topological polar surface area (TPSA) is 77.4 Å². The van der Waals surface area contributed by atoms with Gasteiger partial charge in [0.25, 0.3) is 0 Å². The highest BCUT2D eigenvalue weighted by Crippen LogP contribution is 2.23. The minimum Gasteiger partial charge on any atom is -0.461 e. The van der Waals surface area contributed by atoms with Crippen LogP contribution >= 0.6 is 11.8 Å². The molecule has 1 fully saturated rings. The summed E-state index contributed by atoms with van der Waals surface area (Å²) in [6.07, 6.45) is 4.26. The Balaban J connectivity index is 1.29. The van der Waals surface area contributed by atoms with Gasteiger partial charge >= 0.3 is 0 Å². The van der Waals surface area contributed by atoms with E-state index in [0.29, 0.717) is 16.7 Å². The molecule has 8 heteroatoms. The van der Waals surface area contributed by atoms with E-state index in [0.717, 1.165) is 12.2 Å². The molecular weight excluding hydrogens is 374 g/mol. The number of carbonyl (C=O) groups is 1. The molecule has 0 bridgehead atoms. The smallest absolute Gasteiger partial charge is 0.234 e. The second-order valence-electron chi connectivity index (χ2n) is 7.01. The minimum atomic E-state index is -0.0644. The third-order valence-corrected chi connectivity index (χ3v) is 5.93. The van der Waals surface area contributed by atoms with Gasteiger partial charge in [-0.25, -0.2) is 0 Å². The molecule has 28 heavy (non-hydrogen) atoms. The van der Waals surface area contributed by atoms with Crippen LogP contribution in [0.15, 0.2) is 52.2 Å². The molecule has 3 aromatic rings. The number of anilines is 1. The number of thioether (sulfide) groups is 1. The second kappa shape index (κ2) is 8.62. The number of furan rings is 1. The van der Waals surface area contributed by atoms with E-state index in [9.17, 15) is 4.79 Å². The number of carbonyl (C=O) groups excluding carboxylic acids is 1. The average molecular weight is 399 g/mol. The van der Waals surface area contributed by atoms with Crippen molar-refractivity contribution >= 4 is 23.4 Å². The number of aromatic nitrogens is 3. The normalized spacial score (nSPS) is 14.5. The maximum atomic E-state index is 12.3. The van der Waals surface area contributed by atoms with Crippen LogP contribution in [0.1, 0.15) is 18.4 Å². The lowest BCUT2D eigenvalue weighted by Gasteiger charge is -2.12. The van der Waals surface area contributed by atoms with Gasteiger partial charge in [0, 0.05) is 31.1 Å². The van der Waals surface area contributed by atoms with E-state index < -0.39 is 0 Å². The molecule has 0 radical (unpaired) electrons. The van der Waals surface area contributed by atoms with Gasteiger partial charge in [-0.05, 0) is 24.3 Å². The number of nitrogens with zero attached hydrogens (tertiary/aromatic N) is 3. The maximum Gasteiger partial charge on any atom is 0.234 e. The minimum absolute atomic E-state index is 0.0644. The van der Waals surface area contributed by atoms with Crippen LogP contribution in [-0.4, -0.2) is 39.5 Å². The molecule has 1 aromatic carbocycles. The Bertz CT molecular complexity index is 915. The second-order valence-corrected chi connectivity index (χ2v) is 7.95. The van der Waals surface area contributed by atoms with Gasteiger partial charge in [0.2, 0.25) is 5.91 Å². The SMILES string of the molecule is Cn1c(SCC(=O)Nc2ccc(C[NH+]3CCCC3)cc2)nnc1-c1ccco1. The van der Waals surface area contributed by atoms with Gasteiger partial charge in [0.05, 0.1) is 25.1 Å². The van der Waals surface area contributed by atoms with Crippen molar-refractivity contribution < 1.29 is 14.1 Å². The zero-order chi connectivity index (χ0) is 19.3. The van der Waals surface area contributed by atoms with Gasteiger partial charge in [-0.2, -0.15) is 0 Å². The van der Waals surface area contributed by atoms with Crippen molar-refractivity contribution in [1.82, 2.24) is 14.8 Å². The molecule has 2 N–H and O–H groups in total. The monoisotopic (exact) mass is 398 g/mol. The van der Waals surface area contributed by atoms with Crippen molar-refractivity contribution in [3.63, 3.8) is 0 Å². The van der Waals surface area contributed by atoms with Crippen LogP contribution < -0.4 is 10.2 Å². The van der Waals surface area contributed by atoms with E-state index in [1.54, 1.807) is 11.2 Å². The highest BCUT2D eigenvalue weighted by atomic mass is 32.2. The number of likely N-dealkylation sites (tertiary alicyclic amines) is 1. The summed E-state index contributed by atoms with van der Waals surface area (Å²) in [5, 5.41) is 11.9. The Kier molecular flexibility index (Phi) is 5.78. The Morgan fingerprint density at radius 1 is 1.21 bits per heavy atom. The maximum absolute atomic E-state index is 12.3. The fourth-order valence-electron chi connectivity index (χ4n) is 3.43. The lowest BCUT2D eigenvalue weighted by Crippen LogP contribution is -3.08. The first kappa shape index (κ1) is 18.8. The van der Waals surface area contributed by atoms with E-state index in [2.05, 4.69) is 27.6 Å². The number of rotatable bonds is 7. The molecule has 4 rings (SSSR count). The van der Waals surface area contributed by atoms with Crippen molar-refractivity contribution in [2.24, 2.45) is 7.05 Å². The molecule has 2 aromatic heterocycles. The van der Waals surface area contributed by atoms with Crippen molar-refractivity contribution in [2.75, 3.05) is 24.2 Å². The molecule has 3 heterocycles. The van der Waals surface area contributed by atoms with Crippen LogP contribution in [-0.2, 0) is 18.4 Å². The summed E-state index contributed by atoms with van der Waals surface area (Å²) in [6, 6.07) is 11.8. The van der Waals surface area contributed by atoms with Gasteiger partial charge in [-0.15, -0.1) is 10.2 Å². The largest absolute Gasteiger partial charge is 0.461 e. The number of nitrogens with one attached hydrogen (secondary N) is 2. The molecule has 0 spiro atoms. The van der Waals surface area contributed by atoms with Gasteiger partial charge in [-0.3, -0.25) is 4.79 Å². The first-order valence-corrected chi connectivity index (χ1v) is 10.5. The van der Waals surface area contributed by atoms with E-state index in [1.807, 2.05) is 35.9 Å². The molecule has 7 nitrogen and oxygen atoms in total. The van der Waals surface area contributed by atoms with E-state index >= 15 is 0 Å². The average Bonchev–Trinajstić information content (AvgIpc) is 3.44. The highest BCUT2D eigenvalue weighted by molar-refractivity contribution is 7.99. The fraction of sp³-hybridized carbons (Fsp3) is 0.350. The van der Waals surface area contributed by atoms with Gasteiger partial charge in [-0.1, -0.05) is 23.9 Å². The summed E-state index contributed by atoms with van der Waals surface area (Å²) in [5.74, 6) is 1.50. The molecule has 1 aliphatic heterocycles. The summed E-state index contributed by atoms with van der Waals surface area (Å²) in [4.78, 5) is 13.9. The van der Waals surface area contributed by atoms with Crippen molar-refractivity contribution in [3.8, 4) is 11.6 Å². The number of hydrogen-bond acceptors (Lipinski definition) is 5. The third kappa shape index (κ3) is 4.45. The first-order valence-electron chi connectivity index (χ1n) is 9.47. The van der Waals surface area contributed by atoms with Crippen LogP contribution in [0.25, 0.3) is 11.6 Å². The highest BCUT2D eigenvalue weighted by Gasteiger charge is 2.16. The zero-order valence-corrected chi connectivity index (χ0v) is 16.7. The summed E-state index contributed by atoms with van der Waals surface area (Å²) >= 11 is 1.35.